The summed E-state index contributed by atoms with van der Waals surface area (Å²) in [5, 5.41) is 2.84. The Balaban J connectivity index is 1.52. The fraction of sp³-hybridized carbons (Fsp3) is 0.238. The first kappa shape index (κ1) is 17.0. The number of rotatable bonds is 5. The SMILES string of the molecule is O=C(Nc1ccccc1)c1ccc(COC(=O)[C@H]2CC=CCC2)cc1. The van der Waals surface area contributed by atoms with Gasteiger partial charge in [0, 0.05) is 11.3 Å². The molecule has 128 valence electrons. The zero-order valence-electron chi connectivity index (χ0n) is 14.0. The van der Waals surface area contributed by atoms with Crippen LogP contribution >= 0.6 is 0 Å². The molecule has 1 aliphatic rings. The number of nitrogens with one attached hydrogen (secondary N) is 1. The number of esters is 1. The highest BCUT2D eigenvalue weighted by atomic mass is 16.5. The monoisotopic (exact) mass is 335 g/mol. The zero-order valence-corrected chi connectivity index (χ0v) is 14.0. The van der Waals surface area contributed by atoms with E-state index in [-0.39, 0.29) is 24.4 Å². The summed E-state index contributed by atoms with van der Waals surface area (Å²) in [5.74, 6) is -0.333. The van der Waals surface area contributed by atoms with Crippen LogP contribution < -0.4 is 5.32 Å². The fourth-order valence-corrected chi connectivity index (χ4v) is 2.76. The van der Waals surface area contributed by atoms with Crippen LogP contribution in [0.3, 0.4) is 0 Å². The van der Waals surface area contributed by atoms with Crippen LogP contribution in [0.25, 0.3) is 0 Å². The lowest BCUT2D eigenvalue weighted by Gasteiger charge is -2.16. The summed E-state index contributed by atoms with van der Waals surface area (Å²) >= 11 is 0. The first-order valence-corrected chi connectivity index (χ1v) is 8.49. The topological polar surface area (TPSA) is 55.4 Å². The molecule has 25 heavy (non-hydrogen) atoms. The maximum Gasteiger partial charge on any atom is 0.309 e. The van der Waals surface area contributed by atoms with Crippen molar-refractivity contribution >= 4 is 17.6 Å². The van der Waals surface area contributed by atoms with Gasteiger partial charge in [0.15, 0.2) is 0 Å². The number of anilines is 1. The molecule has 1 aliphatic carbocycles. The van der Waals surface area contributed by atoms with Crippen LogP contribution in [0.5, 0.6) is 0 Å². The molecule has 0 aliphatic heterocycles. The summed E-state index contributed by atoms with van der Waals surface area (Å²) in [4.78, 5) is 24.2. The maximum atomic E-state index is 12.2. The summed E-state index contributed by atoms with van der Waals surface area (Å²) in [6, 6.07) is 16.4. The Morgan fingerprint density at radius 2 is 1.76 bits per heavy atom. The molecule has 1 atom stereocenters. The fourth-order valence-electron chi connectivity index (χ4n) is 2.76. The molecular formula is C21H21NO3. The highest BCUT2D eigenvalue weighted by molar-refractivity contribution is 6.04. The Morgan fingerprint density at radius 3 is 2.44 bits per heavy atom. The van der Waals surface area contributed by atoms with Crippen LogP contribution in [0.15, 0.2) is 66.7 Å². The lowest BCUT2D eigenvalue weighted by molar-refractivity contribution is -0.150. The first-order chi connectivity index (χ1) is 12.2. The van der Waals surface area contributed by atoms with Crippen molar-refractivity contribution in [2.75, 3.05) is 5.32 Å². The van der Waals surface area contributed by atoms with Crippen LogP contribution in [-0.2, 0) is 16.1 Å². The van der Waals surface area contributed by atoms with E-state index in [1.165, 1.54) is 0 Å². The minimum Gasteiger partial charge on any atom is -0.461 e. The standard InChI is InChI=1S/C21H21NO3/c23-20(22-19-9-5-2-6-10-19)17-13-11-16(12-14-17)15-25-21(24)18-7-3-1-4-8-18/h1-3,5-6,9-14,18H,4,7-8,15H2,(H,22,23)/t18-/m0/s1. The van der Waals surface area contributed by atoms with Crippen molar-refractivity contribution in [1.82, 2.24) is 0 Å². The largest absolute Gasteiger partial charge is 0.461 e. The smallest absolute Gasteiger partial charge is 0.309 e. The molecular weight excluding hydrogens is 314 g/mol. The van der Waals surface area contributed by atoms with Gasteiger partial charge in [-0.05, 0) is 49.1 Å². The van der Waals surface area contributed by atoms with Crippen LogP contribution in [0, 0.1) is 5.92 Å². The van der Waals surface area contributed by atoms with Gasteiger partial charge in [0.1, 0.15) is 6.61 Å². The molecule has 0 radical (unpaired) electrons. The number of amides is 1. The zero-order chi connectivity index (χ0) is 17.5. The lowest BCUT2D eigenvalue weighted by Crippen LogP contribution is -2.18. The molecule has 1 amide bonds. The Bertz CT molecular complexity index is 750. The van der Waals surface area contributed by atoms with Gasteiger partial charge in [-0.2, -0.15) is 0 Å². The van der Waals surface area contributed by atoms with Crippen LogP contribution in [0.2, 0.25) is 0 Å². The lowest BCUT2D eigenvalue weighted by atomic mass is 9.95. The van der Waals surface area contributed by atoms with Crippen LogP contribution in [-0.4, -0.2) is 11.9 Å². The summed E-state index contributed by atoms with van der Waals surface area (Å²) < 4.78 is 5.39. The molecule has 0 aromatic heterocycles. The molecule has 2 aromatic carbocycles. The van der Waals surface area contributed by atoms with Gasteiger partial charge in [0.25, 0.3) is 5.91 Å². The van der Waals surface area contributed by atoms with E-state index < -0.39 is 0 Å². The first-order valence-electron chi connectivity index (χ1n) is 8.49. The van der Waals surface area contributed by atoms with Gasteiger partial charge in [-0.3, -0.25) is 9.59 Å². The second-order valence-corrected chi connectivity index (χ2v) is 6.11. The number of ether oxygens (including phenoxy) is 1. The van der Waals surface area contributed by atoms with Gasteiger partial charge in [-0.1, -0.05) is 42.5 Å². The van der Waals surface area contributed by atoms with E-state index in [1.807, 2.05) is 48.5 Å². The Morgan fingerprint density at radius 1 is 1.00 bits per heavy atom. The van der Waals surface area contributed by atoms with Gasteiger partial charge in [0.2, 0.25) is 0 Å². The van der Waals surface area contributed by atoms with Crippen LogP contribution in [0.1, 0.15) is 35.2 Å². The number of allylic oxidation sites excluding steroid dienone is 2. The predicted octanol–water partition coefficient (Wildman–Crippen LogP) is 4.34. The Labute approximate surface area is 147 Å². The number of carbonyl (C=O) groups is 2. The number of para-hydroxylation sites is 1. The van der Waals surface area contributed by atoms with E-state index >= 15 is 0 Å². The van der Waals surface area contributed by atoms with Gasteiger partial charge in [-0.25, -0.2) is 0 Å². The maximum absolute atomic E-state index is 12.2. The van der Waals surface area contributed by atoms with E-state index in [0.717, 1.165) is 30.5 Å². The number of hydrogen-bond acceptors (Lipinski definition) is 3. The van der Waals surface area contributed by atoms with Crippen molar-refractivity contribution in [1.29, 1.82) is 0 Å². The summed E-state index contributed by atoms with van der Waals surface area (Å²) in [6.45, 7) is 0.236. The molecule has 0 fully saturated rings. The van der Waals surface area contributed by atoms with Gasteiger partial charge in [0.05, 0.1) is 5.92 Å². The van der Waals surface area contributed by atoms with E-state index in [0.29, 0.717) is 5.56 Å². The molecule has 4 nitrogen and oxygen atoms in total. The summed E-state index contributed by atoms with van der Waals surface area (Å²) in [5.41, 5.74) is 2.19. The highest BCUT2D eigenvalue weighted by Gasteiger charge is 2.20. The molecule has 0 unspecified atom stereocenters. The molecule has 0 saturated heterocycles. The van der Waals surface area contributed by atoms with Crippen molar-refractivity contribution in [3.8, 4) is 0 Å². The molecule has 2 aromatic rings. The summed E-state index contributed by atoms with van der Waals surface area (Å²) in [6.07, 6.45) is 6.69. The normalized spacial score (nSPS) is 16.2. The minimum atomic E-state index is -0.163. The molecule has 4 heteroatoms. The average Bonchev–Trinajstić information content (AvgIpc) is 2.68. The second kappa shape index (κ2) is 8.29. The number of carbonyl (C=O) groups excluding carboxylic acids is 2. The van der Waals surface area contributed by atoms with Gasteiger partial charge < -0.3 is 10.1 Å². The van der Waals surface area contributed by atoms with E-state index in [1.54, 1.807) is 12.1 Å². The average molecular weight is 335 g/mol. The van der Waals surface area contributed by atoms with Crippen molar-refractivity contribution in [2.45, 2.75) is 25.9 Å². The van der Waals surface area contributed by atoms with Crippen molar-refractivity contribution in [3.63, 3.8) is 0 Å². The Hall–Kier alpha value is -2.88. The van der Waals surface area contributed by atoms with Gasteiger partial charge in [-0.15, -0.1) is 0 Å². The van der Waals surface area contributed by atoms with Crippen LogP contribution in [0.4, 0.5) is 5.69 Å². The molecule has 0 saturated carbocycles. The van der Waals surface area contributed by atoms with Crippen molar-refractivity contribution in [2.24, 2.45) is 5.92 Å². The summed E-state index contributed by atoms with van der Waals surface area (Å²) in [7, 11) is 0. The van der Waals surface area contributed by atoms with E-state index in [2.05, 4.69) is 11.4 Å². The van der Waals surface area contributed by atoms with E-state index in [4.69, 9.17) is 4.74 Å². The number of hydrogen-bond donors (Lipinski definition) is 1. The van der Waals surface area contributed by atoms with E-state index in [9.17, 15) is 9.59 Å². The minimum absolute atomic E-state index is 0.0269. The molecule has 0 spiro atoms. The second-order valence-electron chi connectivity index (χ2n) is 6.11. The molecule has 0 heterocycles. The Kier molecular flexibility index (Phi) is 5.62. The third-order valence-corrected chi connectivity index (χ3v) is 4.23. The molecule has 0 bridgehead atoms. The predicted molar refractivity (Wildman–Crippen MR) is 97.1 cm³/mol. The third-order valence-electron chi connectivity index (χ3n) is 4.23. The van der Waals surface area contributed by atoms with Gasteiger partial charge >= 0.3 is 5.97 Å². The molecule has 3 rings (SSSR count). The quantitative estimate of drug-likeness (QED) is 0.653. The highest BCUT2D eigenvalue weighted by Crippen LogP contribution is 2.20. The molecule has 1 N–H and O–H groups in total. The van der Waals surface area contributed by atoms with Crippen molar-refractivity contribution < 1.29 is 14.3 Å². The number of benzene rings is 2. The van der Waals surface area contributed by atoms with Crippen molar-refractivity contribution in [3.05, 3.63) is 77.9 Å². The third kappa shape index (κ3) is 4.80.